The van der Waals surface area contributed by atoms with Gasteiger partial charge in [0, 0.05) is 6.42 Å². The molecule has 1 aromatic carbocycles. The Kier molecular flexibility index (Phi) is 5.45. The molecule has 0 saturated heterocycles. The van der Waals surface area contributed by atoms with Crippen molar-refractivity contribution in [2.45, 2.75) is 58.7 Å². The van der Waals surface area contributed by atoms with Crippen LogP contribution in [0.15, 0.2) is 30.3 Å². The molecule has 0 unspecified atom stereocenters. The largest absolute Gasteiger partial charge is 0.460 e. The highest BCUT2D eigenvalue weighted by Crippen LogP contribution is 2.38. The van der Waals surface area contributed by atoms with E-state index in [0.29, 0.717) is 19.3 Å². The molecule has 0 amide bonds. The fraction of sp³-hybridized carbons (Fsp3) is 0.579. The molecule has 1 atom stereocenters. The summed E-state index contributed by atoms with van der Waals surface area (Å²) in [5.74, 6) is -0.211. The van der Waals surface area contributed by atoms with Crippen LogP contribution in [-0.4, -0.2) is 17.5 Å². The minimum absolute atomic E-state index is 0.0893. The van der Waals surface area contributed by atoms with E-state index in [1.807, 2.05) is 58.0 Å². The summed E-state index contributed by atoms with van der Waals surface area (Å²) in [7, 11) is 0. The summed E-state index contributed by atoms with van der Waals surface area (Å²) in [5.41, 5.74) is 0.537. The predicted octanol–water partition coefficient (Wildman–Crippen LogP) is 4.05. The first-order chi connectivity index (χ1) is 10.7. The van der Waals surface area contributed by atoms with Crippen LogP contribution < -0.4 is 0 Å². The average molecular weight is 318 g/mol. The summed E-state index contributed by atoms with van der Waals surface area (Å²) >= 11 is 0. The maximum Gasteiger partial charge on any atom is 0.309 e. The van der Waals surface area contributed by atoms with Crippen molar-refractivity contribution in [3.8, 4) is 0 Å². The number of ether oxygens (including phenoxy) is 2. The Morgan fingerprint density at radius 3 is 2.35 bits per heavy atom. The van der Waals surface area contributed by atoms with Crippen LogP contribution in [0.1, 0.15) is 58.6 Å². The van der Waals surface area contributed by atoms with Gasteiger partial charge < -0.3 is 9.47 Å². The maximum atomic E-state index is 12.1. The van der Waals surface area contributed by atoms with E-state index in [4.69, 9.17) is 9.47 Å². The van der Waals surface area contributed by atoms with Crippen molar-refractivity contribution < 1.29 is 19.1 Å². The van der Waals surface area contributed by atoms with Gasteiger partial charge >= 0.3 is 11.9 Å². The number of hydrogen-bond acceptors (Lipinski definition) is 4. The minimum Gasteiger partial charge on any atom is -0.460 e. The zero-order chi connectivity index (χ0) is 17.0. The van der Waals surface area contributed by atoms with E-state index in [9.17, 15) is 9.59 Å². The molecule has 0 radical (unpaired) electrons. The highest BCUT2D eigenvalue weighted by molar-refractivity contribution is 5.75. The highest BCUT2D eigenvalue weighted by atomic mass is 16.6. The van der Waals surface area contributed by atoms with Crippen LogP contribution in [-0.2, 0) is 19.1 Å². The number of carbonyl (C=O) groups is 2. The molecule has 0 aliphatic heterocycles. The lowest BCUT2D eigenvalue weighted by atomic mass is 9.73. The zero-order valence-corrected chi connectivity index (χ0v) is 14.4. The second-order valence-electron chi connectivity index (χ2n) is 7.31. The summed E-state index contributed by atoms with van der Waals surface area (Å²) in [5, 5.41) is 0. The number of esters is 2. The lowest BCUT2D eigenvalue weighted by molar-refractivity contribution is -0.163. The quantitative estimate of drug-likeness (QED) is 0.769. The summed E-state index contributed by atoms with van der Waals surface area (Å²) < 4.78 is 10.8. The first-order valence-electron chi connectivity index (χ1n) is 8.22. The van der Waals surface area contributed by atoms with Gasteiger partial charge in [-0.1, -0.05) is 30.3 Å². The number of rotatable bonds is 5. The second-order valence-corrected chi connectivity index (χ2v) is 7.31. The van der Waals surface area contributed by atoms with Gasteiger partial charge in [0.05, 0.1) is 5.92 Å². The Hall–Kier alpha value is -1.84. The summed E-state index contributed by atoms with van der Waals surface area (Å²) in [6, 6.07) is 9.69. The van der Waals surface area contributed by atoms with Crippen LogP contribution in [0.4, 0.5) is 0 Å². The van der Waals surface area contributed by atoms with E-state index < -0.39 is 5.60 Å². The molecule has 0 N–H and O–H groups in total. The molecule has 1 aliphatic rings. The first kappa shape index (κ1) is 17.5. The molecule has 126 valence electrons. The third kappa shape index (κ3) is 5.38. The van der Waals surface area contributed by atoms with E-state index in [1.165, 1.54) is 0 Å². The van der Waals surface area contributed by atoms with Crippen LogP contribution in [0.25, 0.3) is 0 Å². The average Bonchev–Trinajstić information content (AvgIpc) is 2.41. The van der Waals surface area contributed by atoms with E-state index in [-0.39, 0.29) is 29.9 Å². The van der Waals surface area contributed by atoms with Crippen LogP contribution in [0.5, 0.6) is 0 Å². The molecule has 0 spiro atoms. The third-order valence-electron chi connectivity index (χ3n) is 4.01. The van der Waals surface area contributed by atoms with Crippen LogP contribution >= 0.6 is 0 Å². The van der Waals surface area contributed by atoms with Gasteiger partial charge in [0.2, 0.25) is 0 Å². The molecule has 0 aromatic heterocycles. The fourth-order valence-electron chi connectivity index (χ4n) is 2.78. The monoisotopic (exact) mass is 318 g/mol. The van der Waals surface area contributed by atoms with Crippen molar-refractivity contribution in [1.82, 2.24) is 0 Å². The van der Waals surface area contributed by atoms with Crippen molar-refractivity contribution >= 4 is 11.9 Å². The zero-order valence-electron chi connectivity index (χ0n) is 14.4. The Balaban J connectivity index is 1.72. The van der Waals surface area contributed by atoms with E-state index in [2.05, 4.69) is 0 Å². The van der Waals surface area contributed by atoms with Gasteiger partial charge in [-0.2, -0.15) is 0 Å². The highest BCUT2D eigenvalue weighted by Gasteiger charge is 2.38. The fourth-order valence-corrected chi connectivity index (χ4v) is 2.78. The van der Waals surface area contributed by atoms with Gasteiger partial charge in [-0.15, -0.1) is 0 Å². The van der Waals surface area contributed by atoms with Crippen LogP contribution in [0.2, 0.25) is 0 Å². The second kappa shape index (κ2) is 7.16. The SMILES string of the molecule is C[C@H](OC(=O)[C@H]1C[C@@H](CC(=O)OC(C)(C)C)C1)c1ccccc1. The van der Waals surface area contributed by atoms with Crippen molar-refractivity contribution in [1.29, 1.82) is 0 Å². The molecule has 4 nitrogen and oxygen atoms in total. The predicted molar refractivity (Wildman–Crippen MR) is 87.6 cm³/mol. The third-order valence-corrected chi connectivity index (χ3v) is 4.01. The minimum atomic E-state index is -0.454. The molecule has 23 heavy (non-hydrogen) atoms. The maximum absolute atomic E-state index is 12.1. The Bertz CT molecular complexity index is 538. The number of hydrogen-bond donors (Lipinski definition) is 0. The van der Waals surface area contributed by atoms with Crippen molar-refractivity contribution in [2.75, 3.05) is 0 Å². The standard InChI is InChI=1S/C19H26O4/c1-13(15-8-6-5-7-9-15)22-18(21)16-10-14(11-16)12-17(20)23-19(2,3)4/h5-9,13-14,16H,10-12H2,1-4H3/t13-,14-,16+/m0/s1. The topological polar surface area (TPSA) is 52.6 Å². The molecule has 1 fully saturated rings. The van der Waals surface area contributed by atoms with Crippen LogP contribution in [0, 0.1) is 11.8 Å². The molecular formula is C19H26O4. The van der Waals surface area contributed by atoms with Gasteiger partial charge in [-0.25, -0.2) is 0 Å². The van der Waals surface area contributed by atoms with Crippen molar-refractivity contribution in [3.05, 3.63) is 35.9 Å². The molecule has 1 aliphatic carbocycles. The van der Waals surface area contributed by atoms with Crippen molar-refractivity contribution in [2.24, 2.45) is 11.8 Å². The molecule has 0 bridgehead atoms. The number of carbonyl (C=O) groups excluding carboxylic acids is 2. The lowest BCUT2D eigenvalue weighted by Gasteiger charge is -2.34. The summed E-state index contributed by atoms with van der Waals surface area (Å²) in [6.45, 7) is 7.45. The molecule has 2 rings (SSSR count). The molecule has 0 heterocycles. The van der Waals surface area contributed by atoms with Gasteiger partial charge in [0.15, 0.2) is 0 Å². The first-order valence-corrected chi connectivity index (χ1v) is 8.22. The van der Waals surface area contributed by atoms with Gasteiger partial charge in [-0.05, 0) is 52.0 Å². The van der Waals surface area contributed by atoms with Crippen LogP contribution in [0.3, 0.4) is 0 Å². The molecule has 1 aromatic rings. The molecular weight excluding hydrogens is 292 g/mol. The Morgan fingerprint density at radius 2 is 1.78 bits per heavy atom. The molecule has 4 heteroatoms. The smallest absolute Gasteiger partial charge is 0.309 e. The van der Waals surface area contributed by atoms with E-state index >= 15 is 0 Å². The Morgan fingerprint density at radius 1 is 1.17 bits per heavy atom. The van der Waals surface area contributed by atoms with E-state index in [1.54, 1.807) is 0 Å². The lowest BCUT2D eigenvalue weighted by Crippen LogP contribution is -2.35. The van der Waals surface area contributed by atoms with Gasteiger partial charge in [-0.3, -0.25) is 9.59 Å². The summed E-state index contributed by atoms with van der Waals surface area (Å²) in [4.78, 5) is 23.9. The molecule has 1 saturated carbocycles. The Labute approximate surface area is 138 Å². The van der Waals surface area contributed by atoms with E-state index in [0.717, 1.165) is 5.56 Å². The summed E-state index contributed by atoms with van der Waals surface area (Å²) in [6.07, 6.45) is 1.56. The number of benzene rings is 1. The van der Waals surface area contributed by atoms with Gasteiger partial charge in [0.25, 0.3) is 0 Å². The normalized spacial score (nSPS) is 21.9. The van der Waals surface area contributed by atoms with Crippen molar-refractivity contribution in [3.63, 3.8) is 0 Å². The van der Waals surface area contributed by atoms with Gasteiger partial charge in [0.1, 0.15) is 11.7 Å².